The van der Waals surface area contributed by atoms with E-state index in [-0.39, 0.29) is 17.7 Å². The van der Waals surface area contributed by atoms with Crippen molar-refractivity contribution in [1.29, 1.82) is 0 Å². The van der Waals surface area contributed by atoms with E-state index < -0.39 is 22.8 Å². The van der Waals surface area contributed by atoms with Gasteiger partial charge in [-0.05, 0) is 28.9 Å². The second kappa shape index (κ2) is 6.28. The molecule has 8 heteroatoms. The smallest absolute Gasteiger partial charge is 0.270 e. The van der Waals surface area contributed by atoms with Crippen LogP contribution in [0.15, 0.2) is 22.7 Å². The summed E-state index contributed by atoms with van der Waals surface area (Å²) in [6, 6.07) is 3.42. The number of nitrogens with two attached hydrogens (primary N) is 1. The number of rotatable bonds is 5. The Morgan fingerprint density at radius 1 is 1.53 bits per heavy atom. The number of halogens is 1. The fraction of sp³-hybridized carbons (Fsp3) is 0.273. The number of nitro benzene ring substituents is 1. The number of hydrogen-bond donors (Lipinski definition) is 2. The fourth-order valence-corrected chi connectivity index (χ4v) is 1.88. The first-order chi connectivity index (χ1) is 8.81. The third-order valence-electron chi connectivity index (χ3n) is 2.29. The number of nitrogens with one attached hydrogen (secondary N) is 1. The Kier molecular flexibility index (Phi) is 4.99. The molecule has 1 atom stereocenters. The molecule has 1 unspecified atom stereocenters. The summed E-state index contributed by atoms with van der Waals surface area (Å²) in [6.45, 7) is 1.62. The average Bonchev–Trinajstić information content (AvgIpc) is 2.27. The van der Waals surface area contributed by atoms with Gasteiger partial charge in [0.2, 0.25) is 5.91 Å². The van der Waals surface area contributed by atoms with Crippen molar-refractivity contribution in [2.45, 2.75) is 19.4 Å². The molecule has 0 aliphatic rings. The van der Waals surface area contributed by atoms with Crippen LogP contribution in [0.2, 0.25) is 0 Å². The van der Waals surface area contributed by atoms with Crippen molar-refractivity contribution in [2.75, 3.05) is 0 Å². The second-order valence-corrected chi connectivity index (χ2v) is 4.82. The van der Waals surface area contributed by atoms with E-state index in [0.29, 0.717) is 4.47 Å². The van der Waals surface area contributed by atoms with Crippen LogP contribution in [0.4, 0.5) is 5.69 Å². The van der Waals surface area contributed by atoms with Crippen LogP contribution in [0.3, 0.4) is 0 Å². The van der Waals surface area contributed by atoms with Gasteiger partial charge in [-0.25, -0.2) is 0 Å². The standard InChI is InChI=1S/C11H12BrN3O4/c1-6(4-10(13)16)14-11(17)8-5-7(15(18)19)2-3-9(8)12/h2-3,5-6H,4H2,1H3,(H2,13,16)(H,14,17). The molecule has 3 N–H and O–H groups in total. The summed E-state index contributed by atoms with van der Waals surface area (Å²) in [4.78, 5) is 32.7. The molecule has 0 aliphatic heterocycles. The third kappa shape index (κ3) is 4.32. The van der Waals surface area contributed by atoms with Crippen molar-refractivity contribution in [2.24, 2.45) is 5.73 Å². The Balaban J connectivity index is 2.90. The zero-order valence-electron chi connectivity index (χ0n) is 10.1. The molecule has 0 radical (unpaired) electrons. The highest BCUT2D eigenvalue weighted by Crippen LogP contribution is 2.22. The molecular formula is C11H12BrN3O4. The lowest BCUT2D eigenvalue weighted by molar-refractivity contribution is -0.384. The van der Waals surface area contributed by atoms with Crippen LogP contribution in [0, 0.1) is 10.1 Å². The molecule has 7 nitrogen and oxygen atoms in total. The predicted molar refractivity (Wildman–Crippen MR) is 71.5 cm³/mol. The molecule has 0 spiro atoms. The first-order valence-electron chi connectivity index (χ1n) is 5.34. The van der Waals surface area contributed by atoms with Crippen LogP contribution >= 0.6 is 15.9 Å². The Labute approximate surface area is 117 Å². The van der Waals surface area contributed by atoms with Gasteiger partial charge in [-0.1, -0.05) is 0 Å². The summed E-state index contributed by atoms with van der Waals surface area (Å²) in [5.41, 5.74) is 4.96. The second-order valence-electron chi connectivity index (χ2n) is 3.97. The van der Waals surface area contributed by atoms with Crippen molar-refractivity contribution in [3.8, 4) is 0 Å². The summed E-state index contributed by atoms with van der Waals surface area (Å²) < 4.78 is 0.432. The minimum Gasteiger partial charge on any atom is -0.370 e. The third-order valence-corrected chi connectivity index (χ3v) is 2.98. The number of nitrogens with zero attached hydrogens (tertiary/aromatic N) is 1. The monoisotopic (exact) mass is 329 g/mol. The zero-order chi connectivity index (χ0) is 14.6. The lowest BCUT2D eigenvalue weighted by Gasteiger charge is -2.12. The minimum atomic E-state index is -0.587. The lowest BCUT2D eigenvalue weighted by atomic mass is 10.1. The molecule has 0 aliphatic carbocycles. The number of hydrogen-bond acceptors (Lipinski definition) is 4. The van der Waals surface area contributed by atoms with E-state index in [4.69, 9.17) is 5.73 Å². The lowest BCUT2D eigenvalue weighted by Crippen LogP contribution is -2.35. The highest BCUT2D eigenvalue weighted by Gasteiger charge is 2.17. The minimum absolute atomic E-state index is 0.00170. The van der Waals surface area contributed by atoms with E-state index in [1.54, 1.807) is 6.92 Å². The van der Waals surface area contributed by atoms with Gasteiger partial charge in [0.05, 0.1) is 10.5 Å². The molecule has 0 aromatic heterocycles. The SMILES string of the molecule is CC(CC(N)=O)NC(=O)c1cc([N+](=O)[O-])ccc1Br. The Bertz CT molecular complexity index is 533. The number of amides is 2. The van der Waals surface area contributed by atoms with Crippen molar-refractivity contribution in [1.82, 2.24) is 5.32 Å². The molecule has 2 amide bonds. The summed E-state index contributed by atoms with van der Waals surface area (Å²) in [7, 11) is 0. The molecular weight excluding hydrogens is 318 g/mol. The topological polar surface area (TPSA) is 115 Å². The van der Waals surface area contributed by atoms with E-state index in [1.807, 2.05) is 0 Å². The van der Waals surface area contributed by atoms with Gasteiger partial charge in [-0.3, -0.25) is 19.7 Å². The molecule has 1 aromatic carbocycles. The Hall–Kier alpha value is -1.96. The van der Waals surface area contributed by atoms with E-state index >= 15 is 0 Å². The number of non-ortho nitro benzene ring substituents is 1. The summed E-state index contributed by atoms with van der Waals surface area (Å²) in [6.07, 6.45) is -0.00170. The van der Waals surface area contributed by atoms with E-state index in [1.165, 1.54) is 12.1 Å². The first kappa shape index (κ1) is 15.1. The van der Waals surface area contributed by atoms with Gasteiger partial charge in [0.25, 0.3) is 11.6 Å². The van der Waals surface area contributed by atoms with Crippen molar-refractivity contribution in [3.63, 3.8) is 0 Å². The number of nitro groups is 1. The number of benzene rings is 1. The summed E-state index contributed by atoms with van der Waals surface area (Å²) in [5.74, 6) is -1.05. The molecule has 1 rings (SSSR count). The largest absolute Gasteiger partial charge is 0.370 e. The molecule has 1 aromatic rings. The predicted octanol–water partition coefficient (Wildman–Crippen LogP) is 1.35. The van der Waals surface area contributed by atoms with Crippen LogP contribution in [0.1, 0.15) is 23.7 Å². The summed E-state index contributed by atoms with van der Waals surface area (Å²) in [5, 5.41) is 13.2. The molecule has 0 saturated heterocycles. The molecule has 19 heavy (non-hydrogen) atoms. The maximum absolute atomic E-state index is 11.9. The maximum atomic E-state index is 11.9. The van der Waals surface area contributed by atoms with E-state index in [2.05, 4.69) is 21.2 Å². The molecule has 0 bridgehead atoms. The summed E-state index contributed by atoms with van der Waals surface area (Å²) >= 11 is 3.15. The highest BCUT2D eigenvalue weighted by atomic mass is 79.9. The average molecular weight is 330 g/mol. The van der Waals surface area contributed by atoms with Crippen LogP contribution in [-0.2, 0) is 4.79 Å². The Morgan fingerprint density at radius 3 is 2.68 bits per heavy atom. The fourth-order valence-electron chi connectivity index (χ4n) is 1.46. The molecule has 0 fully saturated rings. The van der Waals surface area contributed by atoms with Gasteiger partial charge in [-0.15, -0.1) is 0 Å². The highest BCUT2D eigenvalue weighted by molar-refractivity contribution is 9.10. The number of carbonyl (C=O) groups excluding carboxylic acids is 2. The van der Waals surface area contributed by atoms with Crippen LogP contribution in [-0.4, -0.2) is 22.8 Å². The van der Waals surface area contributed by atoms with Gasteiger partial charge < -0.3 is 11.1 Å². The van der Waals surface area contributed by atoms with Crippen molar-refractivity contribution < 1.29 is 14.5 Å². The van der Waals surface area contributed by atoms with Gasteiger partial charge in [0.15, 0.2) is 0 Å². The van der Waals surface area contributed by atoms with Crippen LogP contribution < -0.4 is 11.1 Å². The first-order valence-corrected chi connectivity index (χ1v) is 6.13. The normalized spacial score (nSPS) is 11.7. The molecule has 0 heterocycles. The maximum Gasteiger partial charge on any atom is 0.270 e. The van der Waals surface area contributed by atoms with Crippen LogP contribution in [0.5, 0.6) is 0 Å². The number of carbonyl (C=O) groups is 2. The molecule has 102 valence electrons. The van der Waals surface area contributed by atoms with Crippen molar-refractivity contribution in [3.05, 3.63) is 38.3 Å². The van der Waals surface area contributed by atoms with Gasteiger partial charge >= 0.3 is 0 Å². The van der Waals surface area contributed by atoms with E-state index in [0.717, 1.165) is 6.07 Å². The Morgan fingerprint density at radius 2 is 2.16 bits per heavy atom. The number of primary amides is 1. The zero-order valence-corrected chi connectivity index (χ0v) is 11.6. The van der Waals surface area contributed by atoms with Crippen LogP contribution in [0.25, 0.3) is 0 Å². The molecule has 0 saturated carbocycles. The van der Waals surface area contributed by atoms with E-state index in [9.17, 15) is 19.7 Å². The van der Waals surface area contributed by atoms with Gasteiger partial charge in [0, 0.05) is 29.1 Å². The van der Waals surface area contributed by atoms with Gasteiger partial charge in [0.1, 0.15) is 0 Å². The van der Waals surface area contributed by atoms with Crippen molar-refractivity contribution >= 4 is 33.4 Å². The quantitative estimate of drug-likeness (QED) is 0.626. The van der Waals surface area contributed by atoms with Gasteiger partial charge in [-0.2, -0.15) is 0 Å².